The van der Waals surface area contributed by atoms with Gasteiger partial charge in [0, 0.05) is 23.5 Å². The molecule has 0 spiro atoms. The molecule has 116 valence electrons. The third-order valence-corrected chi connectivity index (χ3v) is 3.39. The van der Waals surface area contributed by atoms with Gasteiger partial charge in [0.05, 0.1) is 0 Å². The standard InChI is InChI=1S/C16H19ClN4O/c1-10(2)9-19-16-18-7-6-14(21-16)15(22)20-12-5-4-11(3)13(17)8-12/h4-8,10H,9H2,1-3H3,(H,20,22)(H,18,19,21). The molecule has 0 unspecified atom stereocenters. The van der Waals surface area contributed by atoms with Crippen LogP contribution in [0.15, 0.2) is 30.5 Å². The maximum absolute atomic E-state index is 12.2. The monoisotopic (exact) mass is 318 g/mol. The maximum atomic E-state index is 12.2. The Balaban J connectivity index is 2.08. The van der Waals surface area contributed by atoms with Gasteiger partial charge in [0.15, 0.2) is 0 Å². The van der Waals surface area contributed by atoms with Crippen LogP contribution in [-0.2, 0) is 0 Å². The minimum Gasteiger partial charge on any atom is -0.354 e. The lowest BCUT2D eigenvalue weighted by Crippen LogP contribution is -2.16. The number of hydrogen-bond acceptors (Lipinski definition) is 4. The molecule has 0 saturated carbocycles. The van der Waals surface area contributed by atoms with Gasteiger partial charge in [-0.25, -0.2) is 9.97 Å². The second kappa shape index (κ2) is 7.22. The molecule has 1 aromatic carbocycles. The largest absolute Gasteiger partial charge is 0.354 e. The summed E-state index contributed by atoms with van der Waals surface area (Å²) >= 11 is 6.05. The minimum absolute atomic E-state index is 0.296. The Morgan fingerprint density at radius 2 is 2.09 bits per heavy atom. The zero-order valence-electron chi connectivity index (χ0n) is 12.9. The van der Waals surface area contributed by atoms with Crippen LogP contribution in [0, 0.1) is 12.8 Å². The quantitative estimate of drug-likeness (QED) is 0.881. The molecule has 0 aliphatic heterocycles. The number of rotatable bonds is 5. The Morgan fingerprint density at radius 1 is 1.32 bits per heavy atom. The van der Waals surface area contributed by atoms with Crippen molar-refractivity contribution in [1.29, 1.82) is 0 Å². The van der Waals surface area contributed by atoms with Gasteiger partial charge in [-0.15, -0.1) is 0 Å². The summed E-state index contributed by atoms with van der Waals surface area (Å²) in [6, 6.07) is 6.95. The van der Waals surface area contributed by atoms with E-state index in [1.54, 1.807) is 24.4 Å². The van der Waals surface area contributed by atoms with Crippen LogP contribution >= 0.6 is 11.6 Å². The van der Waals surface area contributed by atoms with E-state index in [0.717, 1.165) is 12.1 Å². The molecule has 1 aromatic heterocycles. The number of amides is 1. The molecule has 2 rings (SSSR count). The van der Waals surface area contributed by atoms with Crippen LogP contribution < -0.4 is 10.6 Å². The van der Waals surface area contributed by atoms with Crippen LogP contribution in [-0.4, -0.2) is 22.4 Å². The lowest BCUT2D eigenvalue weighted by atomic mass is 10.2. The van der Waals surface area contributed by atoms with Gasteiger partial charge >= 0.3 is 0 Å². The molecular formula is C16H19ClN4O. The molecule has 2 N–H and O–H groups in total. The Hall–Kier alpha value is -2.14. The van der Waals surface area contributed by atoms with Crippen molar-refractivity contribution in [3.8, 4) is 0 Å². The highest BCUT2D eigenvalue weighted by atomic mass is 35.5. The van der Waals surface area contributed by atoms with Crippen LogP contribution in [0.1, 0.15) is 29.9 Å². The van der Waals surface area contributed by atoms with Gasteiger partial charge in [-0.1, -0.05) is 31.5 Å². The van der Waals surface area contributed by atoms with Crippen molar-refractivity contribution in [1.82, 2.24) is 9.97 Å². The molecule has 1 amide bonds. The summed E-state index contributed by atoms with van der Waals surface area (Å²) in [5.74, 6) is 0.619. The average Bonchev–Trinajstić information content (AvgIpc) is 2.49. The van der Waals surface area contributed by atoms with E-state index < -0.39 is 0 Å². The second-order valence-electron chi connectivity index (χ2n) is 5.46. The van der Waals surface area contributed by atoms with Gasteiger partial charge < -0.3 is 10.6 Å². The molecular weight excluding hydrogens is 300 g/mol. The van der Waals surface area contributed by atoms with E-state index in [1.165, 1.54) is 0 Å². The van der Waals surface area contributed by atoms with Gasteiger partial charge in [-0.3, -0.25) is 4.79 Å². The molecule has 0 radical (unpaired) electrons. The fourth-order valence-corrected chi connectivity index (χ4v) is 1.91. The Bertz CT molecular complexity index is 673. The van der Waals surface area contributed by atoms with Crippen molar-refractivity contribution >= 4 is 29.1 Å². The second-order valence-corrected chi connectivity index (χ2v) is 5.87. The van der Waals surface area contributed by atoms with E-state index in [2.05, 4.69) is 34.4 Å². The van der Waals surface area contributed by atoms with Gasteiger partial charge in [0.2, 0.25) is 5.95 Å². The molecule has 0 saturated heterocycles. The summed E-state index contributed by atoms with van der Waals surface area (Å²) in [7, 11) is 0. The van der Waals surface area contributed by atoms with Crippen molar-refractivity contribution in [3.63, 3.8) is 0 Å². The number of carbonyl (C=O) groups is 1. The summed E-state index contributed by atoms with van der Waals surface area (Å²) in [5, 5.41) is 6.48. The predicted octanol–water partition coefficient (Wildman–Crippen LogP) is 3.76. The lowest BCUT2D eigenvalue weighted by Gasteiger charge is -2.09. The van der Waals surface area contributed by atoms with Gasteiger partial charge in [0.25, 0.3) is 5.91 Å². The predicted molar refractivity (Wildman–Crippen MR) is 89.5 cm³/mol. The van der Waals surface area contributed by atoms with E-state index in [0.29, 0.717) is 28.3 Å². The first-order valence-corrected chi connectivity index (χ1v) is 7.48. The maximum Gasteiger partial charge on any atom is 0.274 e. The molecule has 0 atom stereocenters. The first kappa shape index (κ1) is 16.2. The summed E-state index contributed by atoms with van der Waals surface area (Å²) < 4.78 is 0. The Labute approximate surface area is 135 Å². The zero-order valence-corrected chi connectivity index (χ0v) is 13.6. The topological polar surface area (TPSA) is 66.9 Å². The summed E-state index contributed by atoms with van der Waals surface area (Å²) in [6.45, 7) is 6.83. The summed E-state index contributed by atoms with van der Waals surface area (Å²) in [6.07, 6.45) is 1.56. The van der Waals surface area contributed by atoms with Gasteiger partial charge in [-0.2, -0.15) is 0 Å². The zero-order chi connectivity index (χ0) is 16.1. The number of nitrogens with zero attached hydrogens (tertiary/aromatic N) is 2. The van der Waals surface area contributed by atoms with E-state index in [1.807, 2.05) is 13.0 Å². The normalized spacial score (nSPS) is 10.6. The Kier molecular flexibility index (Phi) is 5.33. The first-order chi connectivity index (χ1) is 10.5. The van der Waals surface area contributed by atoms with Crippen LogP contribution in [0.4, 0.5) is 11.6 Å². The van der Waals surface area contributed by atoms with Crippen molar-refractivity contribution < 1.29 is 4.79 Å². The molecule has 0 bridgehead atoms. The minimum atomic E-state index is -0.296. The molecule has 0 fully saturated rings. The number of aryl methyl sites for hydroxylation is 1. The van der Waals surface area contributed by atoms with Crippen LogP contribution in [0.5, 0.6) is 0 Å². The van der Waals surface area contributed by atoms with E-state index in [9.17, 15) is 4.79 Å². The fourth-order valence-electron chi connectivity index (χ4n) is 1.73. The van der Waals surface area contributed by atoms with Crippen molar-refractivity contribution in [2.75, 3.05) is 17.2 Å². The van der Waals surface area contributed by atoms with Crippen LogP contribution in [0.2, 0.25) is 5.02 Å². The van der Waals surface area contributed by atoms with Crippen molar-refractivity contribution in [2.45, 2.75) is 20.8 Å². The summed E-state index contributed by atoms with van der Waals surface area (Å²) in [5.41, 5.74) is 1.90. The molecule has 2 aromatic rings. The van der Waals surface area contributed by atoms with Crippen LogP contribution in [0.25, 0.3) is 0 Å². The highest BCUT2D eigenvalue weighted by Crippen LogP contribution is 2.20. The number of carbonyl (C=O) groups excluding carboxylic acids is 1. The van der Waals surface area contributed by atoms with Gasteiger partial charge in [0.1, 0.15) is 5.69 Å². The number of benzene rings is 1. The van der Waals surface area contributed by atoms with Gasteiger partial charge in [-0.05, 0) is 36.6 Å². The van der Waals surface area contributed by atoms with E-state index in [-0.39, 0.29) is 5.91 Å². The highest BCUT2D eigenvalue weighted by molar-refractivity contribution is 6.31. The lowest BCUT2D eigenvalue weighted by molar-refractivity contribution is 0.102. The number of nitrogens with one attached hydrogen (secondary N) is 2. The molecule has 0 aliphatic carbocycles. The molecule has 1 heterocycles. The SMILES string of the molecule is Cc1ccc(NC(=O)c2ccnc(NCC(C)C)n2)cc1Cl. The van der Waals surface area contributed by atoms with E-state index >= 15 is 0 Å². The number of halogens is 1. The third-order valence-electron chi connectivity index (χ3n) is 2.99. The number of anilines is 2. The number of aromatic nitrogens is 2. The summed E-state index contributed by atoms with van der Waals surface area (Å²) in [4.78, 5) is 20.5. The smallest absolute Gasteiger partial charge is 0.274 e. The number of hydrogen-bond donors (Lipinski definition) is 2. The molecule has 5 nitrogen and oxygen atoms in total. The molecule has 22 heavy (non-hydrogen) atoms. The van der Waals surface area contributed by atoms with Crippen LogP contribution in [0.3, 0.4) is 0 Å². The highest BCUT2D eigenvalue weighted by Gasteiger charge is 2.10. The molecule has 6 heteroatoms. The fraction of sp³-hybridized carbons (Fsp3) is 0.312. The Morgan fingerprint density at radius 3 is 2.77 bits per heavy atom. The van der Waals surface area contributed by atoms with E-state index in [4.69, 9.17) is 11.6 Å². The average molecular weight is 319 g/mol. The first-order valence-electron chi connectivity index (χ1n) is 7.10. The molecule has 0 aliphatic rings. The van der Waals surface area contributed by atoms with Crippen molar-refractivity contribution in [3.05, 3.63) is 46.7 Å². The third kappa shape index (κ3) is 4.43. The van der Waals surface area contributed by atoms with Crippen molar-refractivity contribution in [2.24, 2.45) is 5.92 Å².